The van der Waals surface area contributed by atoms with E-state index in [1.807, 2.05) is 18.2 Å². The molecule has 0 aliphatic rings. The van der Waals surface area contributed by atoms with E-state index in [0.29, 0.717) is 5.75 Å². The Morgan fingerprint density at radius 3 is 1.95 bits per heavy atom. The number of rotatable bonds is 7. The van der Waals surface area contributed by atoms with Crippen LogP contribution in [0.4, 0.5) is 11.4 Å². The Kier molecular flexibility index (Phi) is 4.86. The van der Waals surface area contributed by atoms with Gasteiger partial charge < -0.3 is 9.47 Å². The molecule has 0 unspecified atom stereocenters. The van der Waals surface area contributed by atoms with E-state index in [9.17, 15) is 20.2 Å². The minimum atomic E-state index is -0.814. The van der Waals surface area contributed by atoms with E-state index in [2.05, 4.69) is 0 Å². The van der Waals surface area contributed by atoms with Gasteiger partial charge in [-0.05, 0) is 18.2 Å². The van der Waals surface area contributed by atoms with E-state index in [1.165, 1.54) is 6.07 Å². The Labute approximate surface area is 125 Å². The number of benzene rings is 2. The van der Waals surface area contributed by atoms with E-state index in [1.54, 1.807) is 12.1 Å². The minimum Gasteiger partial charge on any atom is -0.490 e. The lowest BCUT2D eigenvalue weighted by molar-refractivity contribution is -0.422. The number of para-hydroxylation sites is 1. The molecule has 0 saturated heterocycles. The summed E-state index contributed by atoms with van der Waals surface area (Å²) in [6, 6.07) is 12.5. The van der Waals surface area contributed by atoms with Gasteiger partial charge >= 0.3 is 11.4 Å². The van der Waals surface area contributed by atoms with E-state index in [-0.39, 0.29) is 19.0 Å². The van der Waals surface area contributed by atoms with Crippen molar-refractivity contribution in [3.05, 3.63) is 68.8 Å². The van der Waals surface area contributed by atoms with E-state index >= 15 is 0 Å². The van der Waals surface area contributed by atoms with E-state index < -0.39 is 21.2 Å². The molecule has 0 amide bonds. The number of nitrogens with zero attached hydrogens (tertiary/aromatic N) is 2. The molecule has 2 aromatic rings. The smallest absolute Gasteiger partial charge is 0.349 e. The molecule has 8 heteroatoms. The Bertz CT molecular complexity index is 674. The molecular weight excluding hydrogens is 292 g/mol. The first-order valence-corrected chi connectivity index (χ1v) is 6.31. The molecule has 8 nitrogen and oxygen atoms in total. The Balaban J connectivity index is 1.94. The predicted molar refractivity (Wildman–Crippen MR) is 77.2 cm³/mol. The van der Waals surface area contributed by atoms with Gasteiger partial charge in [-0.2, -0.15) is 0 Å². The molecule has 0 spiro atoms. The molecule has 0 heterocycles. The van der Waals surface area contributed by atoms with Crippen LogP contribution in [0.5, 0.6) is 11.5 Å². The summed E-state index contributed by atoms with van der Waals surface area (Å²) >= 11 is 0. The number of hydrogen-bond acceptors (Lipinski definition) is 6. The van der Waals surface area contributed by atoms with Crippen LogP contribution in [0.3, 0.4) is 0 Å². The van der Waals surface area contributed by atoms with Gasteiger partial charge in [-0.1, -0.05) is 18.2 Å². The molecule has 2 rings (SSSR count). The first-order valence-electron chi connectivity index (χ1n) is 6.31. The maximum absolute atomic E-state index is 10.8. The van der Waals surface area contributed by atoms with Crippen LogP contribution in [-0.4, -0.2) is 23.1 Å². The van der Waals surface area contributed by atoms with Gasteiger partial charge in [0.05, 0.1) is 15.9 Å². The quantitative estimate of drug-likeness (QED) is 0.442. The zero-order chi connectivity index (χ0) is 15.9. The molecule has 0 radical (unpaired) electrons. The molecule has 2 aromatic carbocycles. The molecule has 0 aromatic heterocycles. The number of nitro benzene ring substituents is 2. The Hall–Kier alpha value is -3.16. The van der Waals surface area contributed by atoms with Crippen LogP contribution in [0.1, 0.15) is 0 Å². The highest BCUT2D eigenvalue weighted by atomic mass is 16.6. The third kappa shape index (κ3) is 3.92. The Morgan fingerprint density at radius 1 is 0.773 bits per heavy atom. The normalized spacial score (nSPS) is 10.0. The van der Waals surface area contributed by atoms with Crippen LogP contribution in [0.2, 0.25) is 0 Å². The first kappa shape index (κ1) is 15.2. The second-order valence-electron chi connectivity index (χ2n) is 4.17. The molecular formula is C14H12N2O6. The lowest BCUT2D eigenvalue weighted by atomic mass is 10.2. The fraction of sp³-hybridized carbons (Fsp3) is 0.143. The van der Waals surface area contributed by atoms with Gasteiger partial charge in [0.25, 0.3) is 0 Å². The van der Waals surface area contributed by atoms with Gasteiger partial charge in [-0.25, -0.2) is 0 Å². The SMILES string of the molecule is O=[N+]([O-])c1ccc(OCCOc2ccccc2)cc1[N+](=O)[O-]. The van der Waals surface area contributed by atoms with Gasteiger partial charge in [-0.3, -0.25) is 20.2 Å². The molecule has 0 fully saturated rings. The summed E-state index contributed by atoms with van der Waals surface area (Å²) in [5, 5.41) is 21.5. The largest absolute Gasteiger partial charge is 0.490 e. The summed E-state index contributed by atoms with van der Waals surface area (Å²) < 4.78 is 10.7. The predicted octanol–water partition coefficient (Wildman–Crippen LogP) is 2.96. The van der Waals surface area contributed by atoms with Gasteiger partial charge in [0.1, 0.15) is 24.7 Å². The number of ether oxygens (including phenoxy) is 2. The summed E-state index contributed by atoms with van der Waals surface area (Å²) in [7, 11) is 0. The Morgan fingerprint density at radius 2 is 1.36 bits per heavy atom. The highest BCUT2D eigenvalue weighted by Gasteiger charge is 2.24. The highest BCUT2D eigenvalue weighted by Crippen LogP contribution is 2.30. The summed E-state index contributed by atoms with van der Waals surface area (Å²) in [6.07, 6.45) is 0. The van der Waals surface area contributed by atoms with Crippen molar-refractivity contribution in [3.63, 3.8) is 0 Å². The highest BCUT2D eigenvalue weighted by molar-refractivity contribution is 5.55. The second-order valence-corrected chi connectivity index (χ2v) is 4.17. The van der Waals surface area contributed by atoms with Crippen molar-refractivity contribution in [1.29, 1.82) is 0 Å². The third-order valence-electron chi connectivity index (χ3n) is 2.70. The molecule has 22 heavy (non-hydrogen) atoms. The van der Waals surface area contributed by atoms with Crippen LogP contribution in [0.25, 0.3) is 0 Å². The van der Waals surface area contributed by atoms with Crippen molar-refractivity contribution >= 4 is 11.4 Å². The lowest BCUT2D eigenvalue weighted by Gasteiger charge is -2.08. The molecule has 0 bridgehead atoms. The zero-order valence-corrected chi connectivity index (χ0v) is 11.4. The summed E-state index contributed by atoms with van der Waals surface area (Å²) in [6.45, 7) is 0.401. The van der Waals surface area contributed by atoms with Crippen molar-refractivity contribution in [2.45, 2.75) is 0 Å². The first-order chi connectivity index (χ1) is 10.6. The second kappa shape index (κ2) is 7.02. The molecule has 0 saturated carbocycles. The van der Waals surface area contributed by atoms with Crippen LogP contribution in [0.15, 0.2) is 48.5 Å². The summed E-state index contributed by atoms with van der Waals surface area (Å²) in [4.78, 5) is 19.9. The maximum atomic E-state index is 10.8. The van der Waals surface area contributed by atoms with Crippen molar-refractivity contribution < 1.29 is 19.3 Å². The van der Waals surface area contributed by atoms with Crippen LogP contribution in [-0.2, 0) is 0 Å². The van der Waals surface area contributed by atoms with E-state index in [0.717, 1.165) is 12.1 Å². The van der Waals surface area contributed by atoms with Crippen molar-refractivity contribution in [1.82, 2.24) is 0 Å². The molecule has 0 atom stereocenters. The zero-order valence-electron chi connectivity index (χ0n) is 11.4. The minimum absolute atomic E-state index is 0.157. The standard InChI is InChI=1S/C14H12N2O6/c17-15(18)13-7-6-12(10-14(13)16(19)20)22-9-8-21-11-4-2-1-3-5-11/h1-7,10H,8-9H2. The van der Waals surface area contributed by atoms with Crippen molar-refractivity contribution in [2.75, 3.05) is 13.2 Å². The van der Waals surface area contributed by atoms with Crippen molar-refractivity contribution in [3.8, 4) is 11.5 Å². The number of hydrogen-bond donors (Lipinski definition) is 0. The fourth-order valence-corrected chi connectivity index (χ4v) is 1.73. The van der Waals surface area contributed by atoms with Crippen LogP contribution >= 0.6 is 0 Å². The number of nitro groups is 2. The lowest BCUT2D eigenvalue weighted by Crippen LogP contribution is -2.09. The van der Waals surface area contributed by atoms with Gasteiger partial charge in [0.2, 0.25) is 0 Å². The maximum Gasteiger partial charge on any atom is 0.349 e. The van der Waals surface area contributed by atoms with Crippen LogP contribution in [0, 0.1) is 20.2 Å². The average Bonchev–Trinajstić information content (AvgIpc) is 2.52. The molecule has 0 aliphatic carbocycles. The van der Waals surface area contributed by atoms with Crippen molar-refractivity contribution in [2.24, 2.45) is 0 Å². The summed E-state index contributed by atoms with van der Waals surface area (Å²) in [5.41, 5.74) is -1.18. The topological polar surface area (TPSA) is 105 Å². The van der Waals surface area contributed by atoms with E-state index in [4.69, 9.17) is 9.47 Å². The average molecular weight is 304 g/mol. The van der Waals surface area contributed by atoms with Crippen LogP contribution < -0.4 is 9.47 Å². The van der Waals surface area contributed by atoms with Gasteiger partial charge in [-0.15, -0.1) is 0 Å². The molecule has 114 valence electrons. The monoisotopic (exact) mass is 304 g/mol. The van der Waals surface area contributed by atoms with Gasteiger partial charge in [0.15, 0.2) is 0 Å². The fourth-order valence-electron chi connectivity index (χ4n) is 1.73. The third-order valence-corrected chi connectivity index (χ3v) is 2.70. The molecule has 0 N–H and O–H groups in total. The summed E-state index contributed by atoms with van der Waals surface area (Å²) in [5.74, 6) is 0.856. The van der Waals surface area contributed by atoms with Gasteiger partial charge in [0, 0.05) is 6.07 Å². The molecule has 0 aliphatic heterocycles.